The van der Waals surface area contributed by atoms with Crippen molar-refractivity contribution in [1.82, 2.24) is 0 Å². The molecule has 5 nitrogen and oxygen atoms in total. The Hall–Kier alpha value is -2.63. The molecule has 0 amide bonds. The molecule has 0 fully saturated rings. The number of ether oxygens (including phenoxy) is 1. The fourth-order valence-corrected chi connectivity index (χ4v) is 1.58. The van der Waals surface area contributed by atoms with E-state index >= 15 is 0 Å². The maximum atomic E-state index is 13.8. The number of hydrogen-bond donors (Lipinski definition) is 1. The minimum absolute atomic E-state index is 0.100. The quantitative estimate of drug-likeness (QED) is 0.522. The third-order valence-corrected chi connectivity index (χ3v) is 2.51. The van der Waals surface area contributed by atoms with Crippen LogP contribution in [0.4, 0.5) is 15.8 Å². The van der Waals surface area contributed by atoms with E-state index in [0.717, 1.165) is 6.07 Å². The molecule has 0 unspecified atom stereocenters. The molecule has 6 heteroatoms. The maximum Gasteiger partial charge on any atom is 0.305 e. The number of nitrogens with zero attached hydrogens (tertiary/aromatic N) is 1. The van der Waals surface area contributed by atoms with Gasteiger partial charge in [-0.15, -0.1) is 0 Å². The summed E-state index contributed by atoms with van der Waals surface area (Å²) in [5, 5.41) is 10.6. The molecule has 0 aliphatic rings. The monoisotopic (exact) mass is 262 g/mol. The molecule has 0 aliphatic heterocycles. The van der Waals surface area contributed by atoms with Gasteiger partial charge in [-0.25, -0.2) is 0 Å². The van der Waals surface area contributed by atoms with E-state index in [0.29, 0.717) is 11.4 Å². The number of nitrogen functional groups attached to an aromatic ring is 1. The van der Waals surface area contributed by atoms with Crippen LogP contribution in [0.1, 0.15) is 5.56 Å². The lowest BCUT2D eigenvalue weighted by atomic mass is 10.2. The summed E-state index contributed by atoms with van der Waals surface area (Å²) in [7, 11) is 0. The van der Waals surface area contributed by atoms with E-state index in [1.54, 1.807) is 24.3 Å². The van der Waals surface area contributed by atoms with Gasteiger partial charge in [-0.05, 0) is 12.1 Å². The SMILES string of the molecule is Nc1cccc(OCc2cccc([N+](=O)[O-])c2F)c1. The normalized spacial score (nSPS) is 10.2. The Morgan fingerprint density at radius 3 is 2.68 bits per heavy atom. The summed E-state index contributed by atoms with van der Waals surface area (Å²) in [5.74, 6) is -0.401. The number of halogens is 1. The summed E-state index contributed by atoms with van der Waals surface area (Å²) in [6.45, 7) is -0.100. The number of hydrogen-bond acceptors (Lipinski definition) is 4. The number of nitro benzene ring substituents is 1. The standard InChI is InChI=1S/C13H11FN2O3/c14-13-9(3-1-6-12(13)16(17)18)8-19-11-5-2-4-10(15)7-11/h1-7H,8,15H2. The fourth-order valence-electron chi connectivity index (χ4n) is 1.58. The van der Waals surface area contributed by atoms with Gasteiger partial charge in [-0.1, -0.05) is 18.2 Å². The summed E-state index contributed by atoms with van der Waals surface area (Å²) in [6, 6.07) is 10.6. The Morgan fingerprint density at radius 2 is 2.00 bits per heavy atom. The van der Waals surface area contributed by atoms with E-state index in [-0.39, 0.29) is 12.2 Å². The number of nitro groups is 1. The minimum Gasteiger partial charge on any atom is -0.489 e. The van der Waals surface area contributed by atoms with Crippen LogP contribution in [0.15, 0.2) is 42.5 Å². The highest BCUT2D eigenvalue weighted by Gasteiger charge is 2.17. The van der Waals surface area contributed by atoms with Crippen LogP contribution < -0.4 is 10.5 Å². The van der Waals surface area contributed by atoms with Gasteiger partial charge < -0.3 is 10.5 Å². The summed E-state index contributed by atoms with van der Waals surface area (Å²) in [6.07, 6.45) is 0. The van der Waals surface area contributed by atoms with Crippen LogP contribution in [-0.4, -0.2) is 4.92 Å². The average Bonchev–Trinajstić information content (AvgIpc) is 2.37. The van der Waals surface area contributed by atoms with Crippen molar-refractivity contribution in [2.75, 3.05) is 5.73 Å². The van der Waals surface area contributed by atoms with Crippen molar-refractivity contribution in [2.24, 2.45) is 0 Å². The lowest BCUT2D eigenvalue weighted by Gasteiger charge is -2.07. The first-order valence-corrected chi connectivity index (χ1v) is 5.48. The van der Waals surface area contributed by atoms with Gasteiger partial charge in [0.25, 0.3) is 0 Å². The molecule has 0 saturated heterocycles. The van der Waals surface area contributed by atoms with Crippen molar-refractivity contribution < 1.29 is 14.1 Å². The topological polar surface area (TPSA) is 78.4 Å². The number of rotatable bonds is 4. The van der Waals surface area contributed by atoms with Crippen LogP contribution in [-0.2, 0) is 6.61 Å². The summed E-state index contributed by atoms with van der Waals surface area (Å²) in [5.41, 5.74) is 5.66. The molecule has 19 heavy (non-hydrogen) atoms. The summed E-state index contributed by atoms with van der Waals surface area (Å²) in [4.78, 5) is 9.84. The van der Waals surface area contributed by atoms with E-state index in [9.17, 15) is 14.5 Å². The second-order valence-corrected chi connectivity index (χ2v) is 3.87. The third kappa shape index (κ3) is 2.98. The first kappa shape index (κ1) is 12.8. The average molecular weight is 262 g/mol. The summed E-state index contributed by atoms with van der Waals surface area (Å²) < 4.78 is 19.1. The van der Waals surface area contributed by atoms with E-state index in [2.05, 4.69) is 0 Å². The Kier molecular flexibility index (Phi) is 3.61. The predicted molar refractivity (Wildman–Crippen MR) is 68.2 cm³/mol. The molecule has 0 radical (unpaired) electrons. The lowest BCUT2D eigenvalue weighted by Crippen LogP contribution is -2.02. The molecule has 2 aromatic rings. The van der Waals surface area contributed by atoms with Crippen molar-refractivity contribution in [3.05, 3.63) is 64.0 Å². The van der Waals surface area contributed by atoms with Gasteiger partial charge in [-0.2, -0.15) is 4.39 Å². The molecular weight excluding hydrogens is 251 g/mol. The Balaban J connectivity index is 2.16. The van der Waals surface area contributed by atoms with E-state index in [1.165, 1.54) is 12.1 Å². The van der Waals surface area contributed by atoms with Gasteiger partial charge in [0.2, 0.25) is 5.82 Å². The number of anilines is 1. The first-order chi connectivity index (χ1) is 9.08. The van der Waals surface area contributed by atoms with Gasteiger partial charge >= 0.3 is 5.69 Å². The van der Waals surface area contributed by atoms with Gasteiger partial charge in [0.15, 0.2) is 0 Å². The van der Waals surface area contributed by atoms with Gasteiger partial charge in [0, 0.05) is 23.4 Å². The zero-order valence-corrected chi connectivity index (χ0v) is 9.88. The Bertz CT molecular complexity index is 617. The van der Waals surface area contributed by atoms with Gasteiger partial charge in [0.05, 0.1) is 4.92 Å². The largest absolute Gasteiger partial charge is 0.489 e. The van der Waals surface area contributed by atoms with Crippen LogP contribution >= 0.6 is 0 Å². The lowest BCUT2D eigenvalue weighted by molar-refractivity contribution is -0.387. The van der Waals surface area contributed by atoms with Crippen LogP contribution in [0.25, 0.3) is 0 Å². The van der Waals surface area contributed by atoms with Crippen LogP contribution in [0.2, 0.25) is 0 Å². The molecule has 2 aromatic carbocycles. The van der Waals surface area contributed by atoms with Crippen molar-refractivity contribution in [3.63, 3.8) is 0 Å². The summed E-state index contributed by atoms with van der Waals surface area (Å²) >= 11 is 0. The number of nitrogens with two attached hydrogens (primary N) is 1. The van der Waals surface area contributed by atoms with Crippen LogP contribution in [0, 0.1) is 15.9 Å². The van der Waals surface area contributed by atoms with Crippen molar-refractivity contribution in [1.29, 1.82) is 0 Å². The number of benzene rings is 2. The zero-order chi connectivity index (χ0) is 13.8. The van der Waals surface area contributed by atoms with Gasteiger partial charge in [0.1, 0.15) is 12.4 Å². The maximum absolute atomic E-state index is 13.8. The molecule has 2 N–H and O–H groups in total. The molecule has 0 spiro atoms. The van der Waals surface area contributed by atoms with Crippen molar-refractivity contribution in [3.8, 4) is 5.75 Å². The Labute approximate surface area is 108 Å². The molecular formula is C13H11FN2O3. The molecule has 0 atom stereocenters. The predicted octanol–water partition coefficient (Wildman–Crippen LogP) is 2.90. The van der Waals surface area contributed by atoms with Crippen molar-refractivity contribution in [2.45, 2.75) is 6.61 Å². The van der Waals surface area contributed by atoms with Crippen LogP contribution in [0.3, 0.4) is 0 Å². The van der Waals surface area contributed by atoms with Gasteiger partial charge in [-0.3, -0.25) is 10.1 Å². The highest BCUT2D eigenvalue weighted by Crippen LogP contribution is 2.22. The highest BCUT2D eigenvalue weighted by atomic mass is 19.1. The zero-order valence-electron chi connectivity index (χ0n) is 9.88. The third-order valence-electron chi connectivity index (χ3n) is 2.51. The first-order valence-electron chi connectivity index (χ1n) is 5.48. The second kappa shape index (κ2) is 5.34. The fraction of sp³-hybridized carbons (Fsp3) is 0.0769. The smallest absolute Gasteiger partial charge is 0.305 e. The molecule has 0 aliphatic carbocycles. The molecule has 0 saturated carbocycles. The van der Waals surface area contributed by atoms with E-state index in [1.807, 2.05) is 0 Å². The second-order valence-electron chi connectivity index (χ2n) is 3.87. The minimum atomic E-state index is -0.878. The van der Waals surface area contributed by atoms with E-state index in [4.69, 9.17) is 10.5 Å². The highest BCUT2D eigenvalue weighted by molar-refractivity contribution is 5.43. The van der Waals surface area contributed by atoms with Crippen LogP contribution in [0.5, 0.6) is 5.75 Å². The Morgan fingerprint density at radius 1 is 1.26 bits per heavy atom. The van der Waals surface area contributed by atoms with E-state index < -0.39 is 16.4 Å². The van der Waals surface area contributed by atoms with Crippen molar-refractivity contribution >= 4 is 11.4 Å². The molecule has 98 valence electrons. The molecule has 2 rings (SSSR count). The molecule has 0 aromatic heterocycles. The molecule has 0 heterocycles. The molecule has 0 bridgehead atoms.